The van der Waals surface area contributed by atoms with E-state index in [0.29, 0.717) is 5.92 Å². The zero-order chi connectivity index (χ0) is 14.2. The second-order valence-corrected chi connectivity index (χ2v) is 5.90. The van der Waals surface area contributed by atoms with Gasteiger partial charge < -0.3 is 4.98 Å². The lowest BCUT2D eigenvalue weighted by Gasteiger charge is -2.34. The molecule has 0 unspecified atom stereocenters. The van der Waals surface area contributed by atoms with Crippen molar-refractivity contribution in [3.8, 4) is 0 Å². The molecular weight excluding hydrogens is 256 g/mol. The molecule has 0 spiro atoms. The number of hydrogen-bond donors (Lipinski definition) is 1. The second-order valence-electron chi connectivity index (χ2n) is 5.90. The molecule has 106 valence electrons. The number of aromatic amines is 1. The van der Waals surface area contributed by atoms with Gasteiger partial charge >= 0.3 is 0 Å². The maximum atomic E-state index is 3.33. The van der Waals surface area contributed by atoms with E-state index in [1.165, 1.54) is 27.6 Å². The van der Waals surface area contributed by atoms with Crippen LogP contribution in [-0.4, -0.2) is 23.0 Å². The molecule has 0 radical (unpaired) electrons. The molecule has 1 atom stereocenters. The van der Waals surface area contributed by atoms with Crippen LogP contribution in [0.1, 0.15) is 29.5 Å². The monoisotopic (exact) mass is 276 g/mol. The van der Waals surface area contributed by atoms with E-state index in [-0.39, 0.29) is 0 Å². The normalized spacial score (nSPS) is 18.8. The molecule has 1 N–H and O–H groups in total. The van der Waals surface area contributed by atoms with E-state index < -0.39 is 0 Å². The zero-order valence-electron chi connectivity index (χ0n) is 12.3. The van der Waals surface area contributed by atoms with Gasteiger partial charge in [0.1, 0.15) is 0 Å². The highest BCUT2D eigenvalue weighted by Gasteiger charge is 2.25. The van der Waals surface area contributed by atoms with Crippen LogP contribution in [0.5, 0.6) is 0 Å². The standard InChI is InChI=1S/C19H20N2/c1-2-21-12-16-5-3-4-6-17(16)18(13-21)15-8-7-14-9-10-20-19(14)11-15/h3-11,18,20H,2,12-13H2,1H3/t18-/m1/s1. The molecule has 0 amide bonds. The Kier molecular flexibility index (Phi) is 3.04. The summed E-state index contributed by atoms with van der Waals surface area (Å²) in [5.41, 5.74) is 5.62. The van der Waals surface area contributed by atoms with E-state index in [1.807, 2.05) is 6.20 Å². The summed E-state index contributed by atoms with van der Waals surface area (Å²) >= 11 is 0. The van der Waals surface area contributed by atoms with Crippen molar-refractivity contribution in [2.45, 2.75) is 19.4 Å². The van der Waals surface area contributed by atoms with Crippen molar-refractivity contribution >= 4 is 10.9 Å². The van der Waals surface area contributed by atoms with E-state index in [1.54, 1.807) is 0 Å². The van der Waals surface area contributed by atoms with E-state index in [0.717, 1.165) is 19.6 Å². The molecule has 0 fully saturated rings. The third-order valence-corrected chi connectivity index (χ3v) is 4.69. The molecule has 21 heavy (non-hydrogen) atoms. The molecule has 3 aromatic rings. The predicted octanol–water partition coefficient (Wildman–Crippen LogP) is 4.14. The zero-order valence-corrected chi connectivity index (χ0v) is 12.3. The Hall–Kier alpha value is -2.06. The van der Waals surface area contributed by atoms with Gasteiger partial charge in [0.2, 0.25) is 0 Å². The van der Waals surface area contributed by atoms with Gasteiger partial charge in [0.15, 0.2) is 0 Å². The van der Waals surface area contributed by atoms with Gasteiger partial charge in [0.05, 0.1) is 0 Å². The Morgan fingerprint density at radius 2 is 2.05 bits per heavy atom. The molecule has 0 aliphatic carbocycles. The highest BCUT2D eigenvalue weighted by molar-refractivity contribution is 5.80. The predicted molar refractivity (Wildman–Crippen MR) is 87.5 cm³/mol. The molecule has 1 aromatic heterocycles. The van der Waals surface area contributed by atoms with E-state index in [9.17, 15) is 0 Å². The van der Waals surface area contributed by atoms with Crippen LogP contribution in [0.4, 0.5) is 0 Å². The van der Waals surface area contributed by atoms with E-state index in [2.05, 4.69) is 65.3 Å². The van der Waals surface area contributed by atoms with Crippen LogP contribution in [0.3, 0.4) is 0 Å². The molecule has 0 saturated heterocycles. The van der Waals surface area contributed by atoms with Crippen molar-refractivity contribution in [3.63, 3.8) is 0 Å². The van der Waals surface area contributed by atoms with Gasteiger partial charge in [-0.2, -0.15) is 0 Å². The minimum atomic E-state index is 0.475. The Balaban J connectivity index is 1.82. The summed E-state index contributed by atoms with van der Waals surface area (Å²) in [6.07, 6.45) is 2.02. The Morgan fingerprint density at radius 3 is 2.95 bits per heavy atom. The highest BCUT2D eigenvalue weighted by atomic mass is 15.1. The molecule has 0 saturated carbocycles. The first-order chi connectivity index (χ1) is 10.3. The molecule has 1 aliphatic heterocycles. The number of rotatable bonds is 2. The Bertz CT molecular complexity index is 772. The van der Waals surface area contributed by atoms with Gasteiger partial charge in [-0.1, -0.05) is 43.3 Å². The lowest BCUT2D eigenvalue weighted by Crippen LogP contribution is -2.33. The third kappa shape index (κ3) is 2.16. The highest BCUT2D eigenvalue weighted by Crippen LogP contribution is 2.34. The summed E-state index contributed by atoms with van der Waals surface area (Å²) in [5.74, 6) is 0.475. The van der Waals surface area contributed by atoms with Crippen LogP contribution in [0.2, 0.25) is 0 Å². The summed E-state index contributed by atoms with van der Waals surface area (Å²) in [7, 11) is 0. The molecule has 2 nitrogen and oxygen atoms in total. The number of H-pyrrole nitrogens is 1. The molecule has 4 rings (SSSR count). The quantitative estimate of drug-likeness (QED) is 0.745. The number of nitrogens with one attached hydrogen (secondary N) is 1. The first kappa shape index (κ1) is 12.7. The van der Waals surface area contributed by atoms with Gasteiger partial charge in [-0.05, 0) is 40.8 Å². The topological polar surface area (TPSA) is 19.0 Å². The number of nitrogens with zero attached hydrogens (tertiary/aromatic N) is 1. The maximum absolute atomic E-state index is 3.33. The first-order valence-corrected chi connectivity index (χ1v) is 7.72. The molecule has 2 heterocycles. The number of aromatic nitrogens is 1. The summed E-state index contributed by atoms with van der Waals surface area (Å²) in [4.78, 5) is 5.87. The van der Waals surface area contributed by atoms with Crippen LogP contribution in [0.25, 0.3) is 10.9 Å². The number of hydrogen-bond acceptors (Lipinski definition) is 1. The van der Waals surface area contributed by atoms with E-state index in [4.69, 9.17) is 0 Å². The summed E-state index contributed by atoms with van der Waals surface area (Å²) in [6.45, 7) is 5.54. The van der Waals surface area contributed by atoms with Gasteiger partial charge in [-0.15, -0.1) is 0 Å². The lowest BCUT2D eigenvalue weighted by atomic mass is 9.84. The Morgan fingerprint density at radius 1 is 1.14 bits per heavy atom. The number of likely N-dealkylation sites (N-methyl/N-ethyl adjacent to an activating group) is 1. The summed E-state index contributed by atoms with van der Waals surface area (Å²) < 4.78 is 0. The van der Waals surface area contributed by atoms with Gasteiger partial charge in [-0.3, -0.25) is 4.90 Å². The number of benzene rings is 2. The largest absolute Gasteiger partial charge is 0.361 e. The average Bonchev–Trinajstić information content (AvgIpc) is 3.01. The lowest BCUT2D eigenvalue weighted by molar-refractivity contribution is 0.253. The third-order valence-electron chi connectivity index (χ3n) is 4.69. The summed E-state index contributed by atoms with van der Waals surface area (Å²) in [5, 5.41) is 1.29. The van der Waals surface area contributed by atoms with Crippen LogP contribution < -0.4 is 0 Å². The van der Waals surface area contributed by atoms with Gasteiger partial charge in [0, 0.05) is 30.7 Å². The fourth-order valence-electron chi connectivity index (χ4n) is 3.49. The van der Waals surface area contributed by atoms with Crippen LogP contribution >= 0.6 is 0 Å². The Labute approximate surface area is 125 Å². The molecule has 2 heteroatoms. The van der Waals surface area contributed by atoms with Crippen molar-refractivity contribution < 1.29 is 0 Å². The molecule has 2 aromatic carbocycles. The molecule has 0 bridgehead atoms. The maximum Gasteiger partial charge on any atom is 0.0456 e. The smallest absolute Gasteiger partial charge is 0.0456 e. The second kappa shape index (κ2) is 5.05. The first-order valence-electron chi connectivity index (χ1n) is 7.72. The summed E-state index contributed by atoms with van der Waals surface area (Å²) in [6, 6.07) is 17.9. The minimum Gasteiger partial charge on any atom is -0.361 e. The molecular formula is C19H20N2. The van der Waals surface area contributed by atoms with Crippen LogP contribution in [0, 0.1) is 0 Å². The van der Waals surface area contributed by atoms with Crippen molar-refractivity contribution in [2.75, 3.05) is 13.1 Å². The van der Waals surface area contributed by atoms with Gasteiger partial charge in [-0.25, -0.2) is 0 Å². The fourth-order valence-corrected chi connectivity index (χ4v) is 3.49. The average molecular weight is 276 g/mol. The van der Waals surface area contributed by atoms with Crippen molar-refractivity contribution in [2.24, 2.45) is 0 Å². The fraction of sp³-hybridized carbons (Fsp3) is 0.263. The number of fused-ring (bicyclic) bond motifs is 2. The van der Waals surface area contributed by atoms with Crippen LogP contribution in [0.15, 0.2) is 54.7 Å². The molecule has 1 aliphatic rings. The minimum absolute atomic E-state index is 0.475. The van der Waals surface area contributed by atoms with Crippen molar-refractivity contribution in [1.29, 1.82) is 0 Å². The van der Waals surface area contributed by atoms with Crippen molar-refractivity contribution in [1.82, 2.24) is 9.88 Å². The van der Waals surface area contributed by atoms with Crippen molar-refractivity contribution in [3.05, 3.63) is 71.4 Å². The SMILES string of the molecule is CCN1Cc2ccccc2[C@@H](c2ccc3cc[nH]c3c2)C1. The van der Waals surface area contributed by atoms with E-state index >= 15 is 0 Å². The van der Waals surface area contributed by atoms with Gasteiger partial charge in [0.25, 0.3) is 0 Å². The van der Waals surface area contributed by atoms with Crippen LogP contribution in [-0.2, 0) is 6.54 Å².